The van der Waals surface area contributed by atoms with Crippen LogP contribution < -0.4 is 5.32 Å². The Balaban J connectivity index is 1.42. The van der Waals surface area contributed by atoms with Gasteiger partial charge in [0.15, 0.2) is 11.6 Å². The number of rotatable bonds is 6. The van der Waals surface area contributed by atoms with E-state index in [1.807, 2.05) is 0 Å². The maximum absolute atomic E-state index is 14.8. The molecule has 0 aliphatic heterocycles. The number of nitro groups is 1. The number of carbonyl (C=O) groups is 1. The second-order valence-corrected chi connectivity index (χ2v) is 9.09. The van der Waals surface area contributed by atoms with Crippen LogP contribution >= 0.6 is 11.8 Å². The molecule has 1 aromatic carbocycles. The summed E-state index contributed by atoms with van der Waals surface area (Å²) < 4.78 is 16.2. The van der Waals surface area contributed by atoms with Gasteiger partial charge in [-0.15, -0.1) is 5.10 Å². The van der Waals surface area contributed by atoms with E-state index in [0.29, 0.717) is 16.0 Å². The molecule has 0 radical (unpaired) electrons. The van der Waals surface area contributed by atoms with Gasteiger partial charge in [-0.2, -0.15) is 0 Å². The summed E-state index contributed by atoms with van der Waals surface area (Å²) in [5, 5.41) is 25.2. The lowest BCUT2D eigenvalue weighted by Gasteiger charge is -2.14. The zero-order valence-electron chi connectivity index (χ0n) is 17.0. The number of pyridine rings is 1. The normalized spacial score (nSPS) is 21.2. The van der Waals surface area contributed by atoms with Gasteiger partial charge in [-0.1, -0.05) is 6.42 Å². The number of nitrogens with one attached hydrogen (secondary N) is 1. The first-order valence-electron chi connectivity index (χ1n) is 10.0. The van der Waals surface area contributed by atoms with Gasteiger partial charge in [-0.05, 0) is 65.1 Å². The van der Waals surface area contributed by atoms with E-state index in [9.17, 15) is 19.3 Å². The van der Waals surface area contributed by atoms with Crippen LogP contribution in [-0.2, 0) is 12.5 Å². The molecule has 32 heavy (non-hydrogen) atoms. The number of amides is 1. The highest BCUT2D eigenvalue weighted by molar-refractivity contribution is 7.99. The molecule has 10 nitrogen and oxygen atoms in total. The molecule has 0 saturated heterocycles. The number of hydrogen-bond donors (Lipinski definition) is 1. The summed E-state index contributed by atoms with van der Waals surface area (Å²) in [6, 6.07) is 5.30. The number of benzene rings is 1. The molecule has 2 aliphatic carbocycles. The molecule has 5 rings (SSSR count). The van der Waals surface area contributed by atoms with Gasteiger partial charge in [0.25, 0.3) is 11.6 Å². The Bertz CT molecular complexity index is 1250. The molecule has 2 aliphatic rings. The molecule has 2 heterocycles. The monoisotopic (exact) mass is 455 g/mol. The molecule has 1 N–H and O–H groups in total. The van der Waals surface area contributed by atoms with Crippen molar-refractivity contribution in [2.24, 2.45) is 13.0 Å². The fourth-order valence-electron chi connectivity index (χ4n) is 4.51. The topological polar surface area (TPSA) is 129 Å². The van der Waals surface area contributed by atoms with Gasteiger partial charge < -0.3 is 5.32 Å². The van der Waals surface area contributed by atoms with E-state index < -0.39 is 16.6 Å². The second-order valence-electron chi connectivity index (χ2n) is 8.08. The zero-order chi connectivity index (χ0) is 22.5. The minimum absolute atomic E-state index is 0.00544. The van der Waals surface area contributed by atoms with Crippen LogP contribution in [-0.4, -0.2) is 36.0 Å². The molecule has 2 atom stereocenters. The SMILES string of the molecule is Cn1nnnc1Sc1ccc([N+](=O)[O-])cc1C(=O)Nc1ncc(C23CCCC2C3)cc1F. The minimum atomic E-state index is -0.714. The molecule has 2 unspecified atom stereocenters. The summed E-state index contributed by atoms with van der Waals surface area (Å²) in [6.45, 7) is 0. The van der Waals surface area contributed by atoms with E-state index in [0.717, 1.165) is 49.1 Å². The Hall–Kier alpha value is -3.41. The Labute approximate surface area is 185 Å². The van der Waals surface area contributed by atoms with Crippen LogP contribution in [0.5, 0.6) is 0 Å². The third-order valence-corrected chi connectivity index (χ3v) is 7.36. The van der Waals surface area contributed by atoms with Crippen LogP contribution in [0.2, 0.25) is 0 Å². The molecule has 0 spiro atoms. The maximum atomic E-state index is 14.8. The van der Waals surface area contributed by atoms with Crippen LogP contribution in [0.4, 0.5) is 15.9 Å². The number of carbonyl (C=O) groups excluding carboxylic acids is 1. The highest BCUT2D eigenvalue weighted by atomic mass is 32.2. The first-order chi connectivity index (χ1) is 15.4. The molecule has 3 aromatic rings. The summed E-state index contributed by atoms with van der Waals surface area (Å²) in [4.78, 5) is 28.1. The summed E-state index contributed by atoms with van der Waals surface area (Å²) in [5.41, 5.74) is 0.648. The van der Waals surface area contributed by atoms with Crippen molar-refractivity contribution < 1.29 is 14.1 Å². The Morgan fingerprint density at radius 2 is 2.25 bits per heavy atom. The number of nitro benzene ring substituents is 1. The average molecular weight is 455 g/mol. The molecule has 12 heteroatoms. The Morgan fingerprint density at radius 1 is 1.41 bits per heavy atom. The molecule has 164 valence electrons. The number of aryl methyl sites for hydroxylation is 1. The zero-order valence-corrected chi connectivity index (χ0v) is 17.8. The highest BCUT2D eigenvalue weighted by Gasteiger charge is 2.57. The van der Waals surface area contributed by atoms with Crippen LogP contribution in [0.1, 0.15) is 41.6 Å². The van der Waals surface area contributed by atoms with E-state index in [1.54, 1.807) is 13.2 Å². The van der Waals surface area contributed by atoms with Gasteiger partial charge in [0.2, 0.25) is 5.16 Å². The highest BCUT2D eigenvalue weighted by Crippen LogP contribution is 2.64. The predicted octanol–water partition coefficient (Wildman–Crippen LogP) is 3.50. The number of halogens is 1. The van der Waals surface area contributed by atoms with Crippen LogP contribution in [0, 0.1) is 21.8 Å². The molecule has 2 aromatic heterocycles. The average Bonchev–Trinajstić information content (AvgIpc) is 3.08. The summed E-state index contributed by atoms with van der Waals surface area (Å²) in [7, 11) is 1.63. The maximum Gasteiger partial charge on any atom is 0.270 e. The number of anilines is 1. The quantitative estimate of drug-likeness (QED) is 0.442. The summed E-state index contributed by atoms with van der Waals surface area (Å²) >= 11 is 1.06. The van der Waals surface area contributed by atoms with E-state index >= 15 is 0 Å². The lowest BCUT2D eigenvalue weighted by atomic mass is 9.95. The van der Waals surface area contributed by atoms with Gasteiger partial charge in [0.05, 0.1) is 10.5 Å². The smallest absolute Gasteiger partial charge is 0.270 e. The molecule has 2 saturated carbocycles. The molecular weight excluding hydrogens is 437 g/mol. The van der Waals surface area contributed by atoms with Gasteiger partial charge in [-0.3, -0.25) is 14.9 Å². The van der Waals surface area contributed by atoms with Gasteiger partial charge >= 0.3 is 0 Å². The Kier molecular flexibility index (Phi) is 4.88. The van der Waals surface area contributed by atoms with Crippen LogP contribution in [0.25, 0.3) is 0 Å². The number of fused-ring (bicyclic) bond motifs is 1. The van der Waals surface area contributed by atoms with Crippen molar-refractivity contribution in [3.05, 3.63) is 57.5 Å². The largest absolute Gasteiger partial charge is 0.304 e. The number of tetrazole rings is 1. The predicted molar refractivity (Wildman–Crippen MR) is 112 cm³/mol. The van der Waals surface area contributed by atoms with Crippen molar-refractivity contribution in [1.29, 1.82) is 0 Å². The van der Waals surface area contributed by atoms with E-state index in [-0.39, 0.29) is 22.5 Å². The number of aromatic nitrogens is 5. The van der Waals surface area contributed by atoms with Crippen LogP contribution in [0.15, 0.2) is 40.5 Å². The standard InChI is InChI=1S/C20H18FN7O3S/c1-27-19(24-25-26-27)32-16-5-4-13(28(30)31)8-14(16)18(29)23-17-15(21)7-12(10-22-17)20-6-2-3-11(20)9-20/h4-5,7-8,10-11H,2-3,6,9H2,1H3,(H,22,23,29). The van der Waals surface area contributed by atoms with Crippen molar-refractivity contribution >= 4 is 29.2 Å². The first kappa shape index (κ1) is 20.5. The third-order valence-electron chi connectivity index (χ3n) is 6.26. The van der Waals surface area contributed by atoms with Crippen molar-refractivity contribution in [2.45, 2.75) is 41.2 Å². The van der Waals surface area contributed by atoms with Gasteiger partial charge in [-0.25, -0.2) is 14.1 Å². The second kappa shape index (κ2) is 7.62. The van der Waals surface area contributed by atoms with E-state index in [2.05, 4.69) is 25.8 Å². The molecule has 2 fully saturated rings. The van der Waals surface area contributed by atoms with Crippen molar-refractivity contribution in [3.63, 3.8) is 0 Å². The van der Waals surface area contributed by atoms with Crippen molar-refractivity contribution in [2.75, 3.05) is 5.32 Å². The van der Waals surface area contributed by atoms with Crippen molar-refractivity contribution in [3.8, 4) is 0 Å². The summed E-state index contributed by atoms with van der Waals surface area (Å²) in [5.74, 6) is -0.953. The third kappa shape index (κ3) is 3.49. The molecular formula is C20H18FN7O3S. The number of non-ortho nitro benzene ring substituents is 1. The Morgan fingerprint density at radius 3 is 2.88 bits per heavy atom. The van der Waals surface area contributed by atoms with Gasteiger partial charge in [0.1, 0.15) is 0 Å². The number of hydrogen-bond acceptors (Lipinski definition) is 8. The molecule has 0 bridgehead atoms. The lowest BCUT2D eigenvalue weighted by molar-refractivity contribution is -0.384. The van der Waals surface area contributed by atoms with Gasteiger partial charge in [0, 0.05) is 35.7 Å². The van der Waals surface area contributed by atoms with Crippen molar-refractivity contribution in [1.82, 2.24) is 25.2 Å². The van der Waals surface area contributed by atoms with Crippen LogP contribution in [0.3, 0.4) is 0 Å². The minimum Gasteiger partial charge on any atom is -0.304 e. The fourth-order valence-corrected chi connectivity index (χ4v) is 5.35. The molecule has 1 amide bonds. The summed E-state index contributed by atoms with van der Waals surface area (Å²) in [6.07, 6.45) is 6.02. The van der Waals surface area contributed by atoms with E-state index in [4.69, 9.17) is 0 Å². The number of nitrogens with zero attached hydrogens (tertiary/aromatic N) is 6. The first-order valence-corrected chi connectivity index (χ1v) is 10.8. The lowest BCUT2D eigenvalue weighted by Crippen LogP contribution is -2.16. The fraction of sp³-hybridized carbons (Fsp3) is 0.350. The van der Waals surface area contributed by atoms with E-state index in [1.165, 1.54) is 22.9 Å².